The average Bonchev–Trinajstić information content (AvgIpc) is 2.78. The molecule has 0 saturated heterocycles. The van der Waals surface area contributed by atoms with Crippen LogP contribution in [0.2, 0.25) is 5.02 Å². The first-order valence-corrected chi connectivity index (χ1v) is 10.8. The normalized spacial score (nSPS) is 10.8. The zero-order valence-corrected chi connectivity index (χ0v) is 18.1. The van der Waals surface area contributed by atoms with Gasteiger partial charge in [-0.05, 0) is 48.5 Å². The molecule has 7 heteroatoms. The number of rotatable bonds is 6. The van der Waals surface area contributed by atoms with Gasteiger partial charge in [-0.3, -0.25) is 4.79 Å². The van der Waals surface area contributed by atoms with Gasteiger partial charge in [0.05, 0.1) is 18.4 Å². The summed E-state index contributed by atoms with van der Waals surface area (Å²) < 4.78 is 10.9. The number of halogens is 1. The van der Waals surface area contributed by atoms with Crippen molar-refractivity contribution in [1.29, 1.82) is 0 Å². The highest BCUT2D eigenvalue weighted by atomic mass is 35.5. The number of nitrogens with one attached hydrogen (secondary N) is 1. The predicted molar refractivity (Wildman–Crippen MR) is 125 cm³/mol. The third-order valence-electron chi connectivity index (χ3n) is 4.60. The van der Waals surface area contributed by atoms with E-state index in [1.165, 1.54) is 18.9 Å². The molecule has 0 aliphatic carbocycles. The average molecular weight is 452 g/mol. The van der Waals surface area contributed by atoms with Crippen LogP contribution in [0.3, 0.4) is 0 Å². The van der Waals surface area contributed by atoms with E-state index in [2.05, 4.69) is 5.32 Å². The van der Waals surface area contributed by atoms with Gasteiger partial charge in [0.15, 0.2) is 0 Å². The molecule has 0 saturated carbocycles. The standard InChI is InChI=1S/C24H18ClNO4S/c1-29-22-13-17(26-23(27)14-31-18-9-6-16(25)7-10-18)8-11-19(22)20-12-15-4-2-3-5-21(15)30-24(20)28/h2-13H,14H2,1H3,(H,26,27). The van der Waals surface area contributed by atoms with Crippen LogP contribution in [0.1, 0.15) is 0 Å². The Labute approximate surface area is 188 Å². The van der Waals surface area contributed by atoms with E-state index in [1.54, 1.807) is 42.5 Å². The number of methoxy groups -OCH3 is 1. The summed E-state index contributed by atoms with van der Waals surface area (Å²) >= 11 is 7.29. The topological polar surface area (TPSA) is 68.5 Å². The van der Waals surface area contributed by atoms with Crippen molar-refractivity contribution in [2.75, 3.05) is 18.2 Å². The van der Waals surface area contributed by atoms with Crippen LogP contribution in [0.25, 0.3) is 22.1 Å². The highest BCUT2D eigenvalue weighted by Gasteiger charge is 2.14. The number of benzene rings is 3. The molecule has 0 bridgehead atoms. The molecule has 0 unspecified atom stereocenters. The summed E-state index contributed by atoms with van der Waals surface area (Å²) in [6.45, 7) is 0. The van der Waals surface area contributed by atoms with Crippen LogP contribution in [0, 0.1) is 0 Å². The van der Waals surface area contributed by atoms with Gasteiger partial charge in [0.2, 0.25) is 5.91 Å². The third-order valence-corrected chi connectivity index (χ3v) is 5.86. The molecule has 0 radical (unpaired) electrons. The van der Waals surface area contributed by atoms with E-state index in [0.29, 0.717) is 33.2 Å². The lowest BCUT2D eigenvalue weighted by molar-refractivity contribution is -0.113. The Bertz CT molecular complexity index is 1300. The molecule has 1 aromatic heterocycles. The fraction of sp³-hybridized carbons (Fsp3) is 0.0833. The molecule has 4 aromatic rings. The van der Waals surface area contributed by atoms with Crippen molar-refractivity contribution >= 4 is 45.9 Å². The van der Waals surface area contributed by atoms with Crippen molar-refractivity contribution in [2.45, 2.75) is 4.90 Å². The van der Waals surface area contributed by atoms with Crippen LogP contribution < -0.4 is 15.7 Å². The monoisotopic (exact) mass is 451 g/mol. The molecule has 1 N–H and O–H groups in total. The van der Waals surface area contributed by atoms with Gasteiger partial charge in [-0.2, -0.15) is 0 Å². The molecule has 156 valence electrons. The van der Waals surface area contributed by atoms with E-state index in [4.69, 9.17) is 20.8 Å². The van der Waals surface area contributed by atoms with Crippen LogP contribution in [-0.4, -0.2) is 18.8 Å². The molecule has 3 aromatic carbocycles. The number of para-hydroxylation sites is 1. The summed E-state index contributed by atoms with van der Waals surface area (Å²) in [6.07, 6.45) is 0. The van der Waals surface area contributed by atoms with Crippen LogP contribution in [0.15, 0.2) is 86.9 Å². The molecule has 1 heterocycles. The quantitative estimate of drug-likeness (QED) is 0.294. The van der Waals surface area contributed by atoms with Gasteiger partial charge in [-0.25, -0.2) is 4.79 Å². The highest BCUT2D eigenvalue weighted by Crippen LogP contribution is 2.32. The first-order valence-electron chi connectivity index (χ1n) is 9.43. The summed E-state index contributed by atoms with van der Waals surface area (Å²) in [6, 6.07) is 21.6. The Hall–Kier alpha value is -3.22. The summed E-state index contributed by atoms with van der Waals surface area (Å²) in [5.41, 5.74) is 1.64. The minimum absolute atomic E-state index is 0.153. The lowest BCUT2D eigenvalue weighted by Crippen LogP contribution is -2.14. The van der Waals surface area contributed by atoms with Gasteiger partial charge in [0.1, 0.15) is 11.3 Å². The first-order chi connectivity index (χ1) is 15.0. The molecule has 0 aliphatic rings. The molecule has 0 fully saturated rings. The number of carbonyl (C=O) groups excluding carboxylic acids is 1. The van der Waals surface area contributed by atoms with Crippen molar-refractivity contribution in [1.82, 2.24) is 0 Å². The number of thioether (sulfide) groups is 1. The second-order valence-corrected chi connectivity index (χ2v) is 8.18. The maximum atomic E-state index is 12.5. The van der Waals surface area contributed by atoms with E-state index in [-0.39, 0.29) is 11.7 Å². The fourth-order valence-corrected chi connectivity index (χ4v) is 3.94. The number of amides is 1. The Morgan fingerprint density at radius 3 is 2.58 bits per heavy atom. The maximum absolute atomic E-state index is 12.5. The number of hydrogen-bond donors (Lipinski definition) is 1. The summed E-state index contributed by atoms with van der Waals surface area (Å²) in [5.74, 6) is 0.561. The third kappa shape index (κ3) is 4.93. The van der Waals surface area contributed by atoms with Crippen molar-refractivity contribution in [3.63, 3.8) is 0 Å². The Morgan fingerprint density at radius 1 is 1.03 bits per heavy atom. The molecular formula is C24H18ClNO4S. The molecular weight excluding hydrogens is 434 g/mol. The molecule has 5 nitrogen and oxygen atoms in total. The molecule has 4 rings (SSSR count). The highest BCUT2D eigenvalue weighted by molar-refractivity contribution is 8.00. The van der Waals surface area contributed by atoms with E-state index in [1.807, 2.05) is 30.3 Å². The SMILES string of the molecule is COc1cc(NC(=O)CSc2ccc(Cl)cc2)ccc1-c1cc2ccccc2oc1=O. The zero-order valence-electron chi connectivity index (χ0n) is 16.6. The van der Waals surface area contributed by atoms with E-state index >= 15 is 0 Å². The molecule has 0 atom stereocenters. The van der Waals surface area contributed by atoms with Crippen LogP contribution >= 0.6 is 23.4 Å². The van der Waals surface area contributed by atoms with Crippen molar-refractivity contribution in [2.24, 2.45) is 0 Å². The fourth-order valence-electron chi connectivity index (χ4n) is 3.12. The van der Waals surface area contributed by atoms with Crippen molar-refractivity contribution < 1.29 is 13.9 Å². The summed E-state index contributed by atoms with van der Waals surface area (Å²) in [4.78, 5) is 25.8. The Morgan fingerprint density at radius 2 is 1.81 bits per heavy atom. The lowest BCUT2D eigenvalue weighted by Gasteiger charge is -2.12. The second-order valence-electron chi connectivity index (χ2n) is 6.69. The number of ether oxygens (including phenoxy) is 1. The smallest absolute Gasteiger partial charge is 0.344 e. The van der Waals surface area contributed by atoms with Gasteiger partial charge in [-0.1, -0.05) is 29.8 Å². The molecule has 0 aliphatic heterocycles. The molecule has 1 amide bonds. The lowest BCUT2D eigenvalue weighted by atomic mass is 10.0. The van der Waals surface area contributed by atoms with Crippen LogP contribution in [-0.2, 0) is 4.79 Å². The van der Waals surface area contributed by atoms with E-state index in [9.17, 15) is 9.59 Å². The molecule has 0 spiro atoms. The van der Waals surface area contributed by atoms with Crippen LogP contribution in [0.4, 0.5) is 5.69 Å². The number of fused-ring (bicyclic) bond motifs is 1. The zero-order chi connectivity index (χ0) is 21.8. The van der Waals surface area contributed by atoms with Gasteiger partial charge in [-0.15, -0.1) is 11.8 Å². The maximum Gasteiger partial charge on any atom is 0.344 e. The number of anilines is 1. The van der Waals surface area contributed by atoms with Gasteiger partial charge < -0.3 is 14.5 Å². The second kappa shape index (κ2) is 9.29. The number of carbonyl (C=O) groups is 1. The van der Waals surface area contributed by atoms with E-state index < -0.39 is 5.63 Å². The summed E-state index contributed by atoms with van der Waals surface area (Å²) in [7, 11) is 1.52. The van der Waals surface area contributed by atoms with Gasteiger partial charge in [0, 0.05) is 32.6 Å². The predicted octanol–water partition coefficient (Wildman–Crippen LogP) is 5.85. The summed E-state index contributed by atoms with van der Waals surface area (Å²) in [5, 5.41) is 4.32. The minimum Gasteiger partial charge on any atom is -0.496 e. The Balaban J connectivity index is 1.53. The van der Waals surface area contributed by atoms with E-state index in [0.717, 1.165) is 10.3 Å². The van der Waals surface area contributed by atoms with Gasteiger partial charge in [0.25, 0.3) is 0 Å². The van der Waals surface area contributed by atoms with Crippen molar-refractivity contribution in [3.8, 4) is 16.9 Å². The van der Waals surface area contributed by atoms with Gasteiger partial charge >= 0.3 is 5.63 Å². The first kappa shape index (κ1) is 21.0. The van der Waals surface area contributed by atoms with Crippen LogP contribution in [0.5, 0.6) is 5.75 Å². The largest absolute Gasteiger partial charge is 0.496 e. The number of hydrogen-bond acceptors (Lipinski definition) is 5. The van der Waals surface area contributed by atoms with Crippen molar-refractivity contribution in [3.05, 3.63) is 88.2 Å². The molecule has 31 heavy (non-hydrogen) atoms. The minimum atomic E-state index is -0.451. The Kier molecular flexibility index (Phi) is 6.30.